The van der Waals surface area contributed by atoms with Crippen LogP contribution in [0.1, 0.15) is 25.7 Å². The van der Waals surface area contributed by atoms with E-state index in [1.807, 2.05) is 0 Å². The van der Waals surface area contributed by atoms with Gasteiger partial charge in [0.1, 0.15) is 0 Å². The summed E-state index contributed by atoms with van der Waals surface area (Å²) in [4.78, 5) is 0. The zero-order valence-electron chi connectivity index (χ0n) is 5.07. The van der Waals surface area contributed by atoms with Crippen LogP contribution in [0, 0.1) is 5.92 Å². The van der Waals surface area contributed by atoms with Crippen LogP contribution in [0.5, 0.6) is 0 Å². The second-order valence-electron chi connectivity index (χ2n) is 2.93. The molecule has 0 aromatic carbocycles. The Morgan fingerprint density at radius 2 is 1.75 bits per heavy atom. The monoisotopic (exact) mass is 223 g/mol. The van der Waals surface area contributed by atoms with Gasteiger partial charge in [0.2, 0.25) is 0 Å². The van der Waals surface area contributed by atoms with E-state index in [1.165, 1.54) is 9.84 Å². The standard InChI is InChI=1S/C7H12I/c1-3-7-4-2-6(1)5-8-7/h6-7H,1-5H2/q-1. The topological polar surface area (TPSA) is 0 Å². The predicted octanol–water partition coefficient (Wildman–Crippen LogP) is -1.35. The molecule has 2 saturated heterocycles. The van der Waals surface area contributed by atoms with Crippen molar-refractivity contribution in [2.45, 2.75) is 29.6 Å². The minimum atomic E-state index is 0.699. The molecule has 2 bridgehead atoms. The van der Waals surface area contributed by atoms with E-state index in [2.05, 4.69) is 0 Å². The second-order valence-corrected chi connectivity index (χ2v) is 6.45. The van der Waals surface area contributed by atoms with Crippen molar-refractivity contribution in [3.63, 3.8) is 0 Å². The van der Waals surface area contributed by atoms with E-state index in [-0.39, 0.29) is 0 Å². The first-order chi connectivity index (χ1) is 3.95. The Kier molecular flexibility index (Phi) is 1.49. The predicted molar refractivity (Wildman–Crippen MR) is 30.6 cm³/mol. The Labute approximate surface area is 61.3 Å². The van der Waals surface area contributed by atoms with Crippen molar-refractivity contribution < 1.29 is 21.2 Å². The van der Waals surface area contributed by atoms with Gasteiger partial charge in [0.05, 0.1) is 0 Å². The first kappa shape index (κ1) is 5.51. The SMILES string of the molecule is C1CC2CCC1C[I-]2. The molecule has 8 heavy (non-hydrogen) atoms. The summed E-state index contributed by atoms with van der Waals surface area (Å²) < 4.78 is 2.93. The molecule has 1 heteroatoms. The molecule has 2 aliphatic heterocycles. The van der Waals surface area contributed by atoms with Crippen molar-refractivity contribution >= 4 is 0 Å². The molecule has 1 saturated carbocycles. The van der Waals surface area contributed by atoms with E-state index >= 15 is 0 Å². The van der Waals surface area contributed by atoms with Gasteiger partial charge in [-0.15, -0.1) is 0 Å². The van der Waals surface area contributed by atoms with Gasteiger partial charge < -0.3 is 0 Å². The van der Waals surface area contributed by atoms with Gasteiger partial charge in [-0.2, -0.15) is 0 Å². The molecule has 0 atom stereocenters. The van der Waals surface area contributed by atoms with Crippen LogP contribution in [-0.2, 0) is 0 Å². The van der Waals surface area contributed by atoms with Crippen molar-refractivity contribution in [1.82, 2.24) is 0 Å². The number of hydrogen-bond acceptors (Lipinski definition) is 0. The van der Waals surface area contributed by atoms with Crippen molar-refractivity contribution in [1.29, 1.82) is 0 Å². The molecule has 0 unspecified atom stereocenters. The molecule has 48 valence electrons. The average molecular weight is 223 g/mol. The summed E-state index contributed by atoms with van der Waals surface area (Å²) in [5.41, 5.74) is 0. The van der Waals surface area contributed by atoms with E-state index in [9.17, 15) is 0 Å². The van der Waals surface area contributed by atoms with Crippen LogP contribution in [0.4, 0.5) is 0 Å². The number of alkyl halides is 2. The number of hydrogen-bond donors (Lipinski definition) is 0. The summed E-state index contributed by atoms with van der Waals surface area (Å²) in [7, 11) is 0. The van der Waals surface area contributed by atoms with Crippen LogP contribution in [0.3, 0.4) is 0 Å². The van der Waals surface area contributed by atoms with Crippen LogP contribution in [0.2, 0.25) is 0 Å². The van der Waals surface area contributed by atoms with Crippen molar-refractivity contribution in [3.8, 4) is 0 Å². The van der Waals surface area contributed by atoms with Gasteiger partial charge in [0, 0.05) is 0 Å². The summed E-state index contributed by atoms with van der Waals surface area (Å²) in [5, 5.41) is 0. The normalized spacial score (nSPS) is 46.0. The Morgan fingerprint density at radius 3 is 1.88 bits per heavy atom. The molecule has 2 heterocycles. The first-order valence-electron chi connectivity index (χ1n) is 3.53. The summed E-state index contributed by atoms with van der Waals surface area (Å²) >= 11 is 0.699. The zero-order valence-corrected chi connectivity index (χ0v) is 7.23. The van der Waals surface area contributed by atoms with E-state index in [0.29, 0.717) is 21.2 Å². The molecule has 0 radical (unpaired) electrons. The third kappa shape index (κ3) is 0.893. The molecule has 0 aromatic heterocycles. The van der Waals surface area contributed by atoms with Crippen LogP contribution in [-0.4, -0.2) is 8.35 Å². The summed E-state index contributed by atoms with van der Waals surface area (Å²) in [5.74, 6) is 1.20. The van der Waals surface area contributed by atoms with Crippen LogP contribution in [0.15, 0.2) is 0 Å². The van der Waals surface area contributed by atoms with Gasteiger partial charge in [-0.05, 0) is 0 Å². The third-order valence-electron chi connectivity index (χ3n) is 2.30. The Hall–Kier alpha value is 0.730. The van der Waals surface area contributed by atoms with E-state index in [1.54, 1.807) is 30.1 Å². The van der Waals surface area contributed by atoms with Gasteiger partial charge in [0.15, 0.2) is 0 Å². The minimum absolute atomic E-state index is 0.699. The molecule has 0 aromatic rings. The van der Waals surface area contributed by atoms with Crippen LogP contribution in [0.25, 0.3) is 0 Å². The molecular weight excluding hydrogens is 211 g/mol. The fourth-order valence-corrected chi connectivity index (χ4v) is 5.60. The zero-order chi connectivity index (χ0) is 5.40. The van der Waals surface area contributed by atoms with Gasteiger partial charge in [-0.3, -0.25) is 0 Å². The fourth-order valence-electron chi connectivity index (χ4n) is 1.68. The molecule has 3 fully saturated rings. The third-order valence-corrected chi connectivity index (χ3v) is 6.55. The van der Waals surface area contributed by atoms with Gasteiger partial charge in [-0.25, -0.2) is 0 Å². The quantitative estimate of drug-likeness (QED) is 0.352. The maximum atomic E-state index is 1.67. The number of halogens is 1. The molecule has 3 rings (SSSR count). The van der Waals surface area contributed by atoms with E-state index in [4.69, 9.17) is 0 Å². The van der Waals surface area contributed by atoms with Gasteiger partial charge in [0.25, 0.3) is 0 Å². The van der Waals surface area contributed by atoms with E-state index < -0.39 is 0 Å². The molecule has 0 spiro atoms. The fraction of sp³-hybridized carbons (Fsp3) is 1.00. The Balaban J connectivity index is 2.03. The summed E-state index contributed by atoms with van der Waals surface area (Å²) in [6, 6.07) is 0. The molecular formula is C7H12I-. The second kappa shape index (κ2) is 2.16. The average Bonchev–Trinajstić information content (AvgIpc) is 1.92. The van der Waals surface area contributed by atoms with Crippen LogP contribution < -0.4 is 21.2 Å². The van der Waals surface area contributed by atoms with Gasteiger partial charge in [-0.1, -0.05) is 0 Å². The summed E-state index contributed by atoms with van der Waals surface area (Å²) in [6.45, 7) is 0. The molecule has 3 aliphatic rings. The molecule has 0 nitrogen and oxygen atoms in total. The molecule has 0 N–H and O–H groups in total. The number of fused-ring (bicyclic) bond motifs is 3. The van der Waals surface area contributed by atoms with Crippen LogP contribution >= 0.6 is 0 Å². The Morgan fingerprint density at radius 1 is 1.00 bits per heavy atom. The molecule has 0 amide bonds. The summed E-state index contributed by atoms with van der Waals surface area (Å²) in [6.07, 6.45) is 6.39. The Bertz CT molecular complexity index is 59.4. The molecule has 1 aliphatic carbocycles. The van der Waals surface area contributed by atoms with E-state index in [0.717, 1.165) is 0 Å². The van der Waals surface area contributed by atoms with Crippen molar-refractivity contribution in [3.05, 3.63) is 0 Å². The van der Waals surface area contributed by atoms with Gasteiger partial charge >= 0.3 is 61.2 Å². The van der Waals surface area contributed by atoms with Crippen molar-refractivity contribution in [2.24, 2.45) is 5.92 Å². The maximum absolute atomic E-state index is 1.67. The van der Waals surface area contributed by atoms with Crippen molar-refractivity contribution in [2.75, 3.05) is 4.43 Å². The number of rotatable bonds is 0. The first-order valence-corrected chi connectivity index (χ1v) is 6.30.